The third-order valence-corrected chi connectivity index (χ3v) is 2.92. The molecule has 4 atom stereocenters. The van der Waals surface area contributed by atoms with E-state index in [-0.39, 0.29) is 0 Å². The van der Waals surface area contributed by atoms with Gasteiger partial charge >= 0.3 is 0 Å². The van der Waals surface area contributed by atoms with Crippen molar-refractivity contribution in [2.75, 3.05) is 0 Å². The molecule has 1 aliphatic rings. The lowest BCUT2D eigenvalue weighted by Crippen LogP contribution is -2.07. The summed E-state index contributed by atoms with van der Waals surface area (Å²) in [6.07, 6.45) is 2.65. The molecule has 1 rings (SSSR count). The summed E-state index contributed by atoms with van der Waals surface area (Å²) in [7, 11) is 0. The molecule has 0 saturated heterocycles. The van der Waals surface area contributed by atoms with Crippen LogP contribution in [0.25, 0.3) is 0 Å². The second kappa shape index (κ2) is 2.91. The molecule has 60 valence electrons. The van der Waals surface area contributed by atoms with E-state index < -0.39 is 0 Å². The van der Waals surface area contributed by atoms with Gasteiger partial charge in [0.25, 0.3) is 0 Å². The van der Waals surface area contributed by atoms with Gasteiger partial charge in [-0.3, -0.25) is 0 Å². The maximum Gasteiger partial charge on any atom is 0.0102 e. The van der Waals surface area contributed by atoms with Crippen molar-refractivity contribution in [1.29, 1.82) is 0 Å². The van der Waals surface area contributed by atoms with Gasteiger partial charge in [-0.15, -0.1) is 0 Å². The average Bonchev–Trinajstić information content (AvgIpc) is 2.42. The number of hydrogen-bond acceptors (Lipinski definition) is 1. The normalized spacial score (nSPS) is 41.4. The van der Waals surface area contributed by atoms with Crippen molar-refractivity contribution < 1.29 is 0 Å². The summed E-state index contributed by atoms with van der Waals surface area (Å²) in [5, 5.41) is 0. The Bertz CT molecular complexity index is 103. The molecule has 0 aliphatic heterocycles. The Morgan fingerprint density at radius 2 is 2.00 bits per heavy atom. The van der Waals surface area contributed by atoms with Crippen LogP contribution >= 0.6 is 0 Å². The first kappa shape index (κ1) is 8.06. The lowest BCUT2D eigenvalue weighted by Gasteiger charge is -2.07. The summed E-state index contributed by atoms with van der Waals surface area (Å²) >= 11 is 0. The topological polar surface area (TPSA) is 26.0 Å². The Balaban J connectivity index is 2.24. The summed E-state index contributed by atoms with van der Waals surface area (Å²) in [6, 6.07) is 0.515. The van der Waals surface area contributed by atoms with Crippen LogP contribution in [0.4, 0.5) is 0 Å². The van der Waals surface area contributed by atoms with Gasteiger partial charge in [-0.05, 0) is 17.8 Å². The number of nitrogens with two attached hydrogens (primary N) is 1. The minimum atomic E-state index is 0.515. The summed E-state index contributed by atoms with van der Waals surface area (Å²) in [4.78, 5) is 0. The van der Waals surface area contributed by atoms with E-state index in [9.17, 15) is 0 Å². The third-order valence-electron chi connectivity index (χ3n) is 2.92. The van der Waals surface area contributed by atoms with E-state index in [1.807, 2.05) is 0 Å². The van der Waals surface area contributed by atoms with Crippen molar-refractivity contribution >= 4 is 0 Å². The third kappa shape index (κ3) is 1.34. The maximum absolute atomic E-state index is 5.84. The average molecular weight is 141 g/mol. The maximum atomic E-state index is 5.84. The molecule has 1 nitrogen and oxygen atoms in total. The summed E-state index contributed by atoms with van der Waals surface area (Å²) in [5.41, 5.74) is 5.84. The predicted octanol–water partition coefficient (Wildman–Crippen LogP) is 2.02. The fraction of sp³-hybridized carbons (Fsp3) is 1.00. The summed E-state index contributed by atoms with van der Waals surface area (Å²) in [5.74, 6) is 2.48. The minimum absolute atomic E-state index is 0.515. The van der Waals surface area contributed by atoms with Gasteiger partial charge in [0.05, 0.1) is 0 Å². The second-order valence-corrected chi connectivity index (χ2v) is 3.78. The lowest BCUT2D eigenvalue weighted by atomic mass is 9.99. The van der Waals surface area contributed by atoms with E-state index in [0.29, 0.717) is 6.04 Å². The van der Waals surface area contributed by atoms with Crippen molar-refractivity contribution in [1.82, 2.24) is 0 Å². The summed E-state index contributed by atoms with van der Waals surface area (Å²) in [6.45, 7) is 6.84. The molecule has 10 heavy (non-hydrogen) atoms. The predicted molar refractivity (Wildman–Crippen MR) is 44.7 cm³/mol. The van der Waals surface area contributed by atoms with Gasteiger partial charge in [0.1, 0.15) is 0 Å². The first-order chi connectivity index (χ1) is 4.68. The molecule has 1 saturated carbocycles. The SMILES string of the molecule is CCCC(C)C1C(C)C1N. The molecule has 0 aromatic heterocycles. The molecule has 2 N–H and O–H groups in total. The van der Waals surface area contributed by atoms with Crippen molar-refractivity contribution in [3.8, 4) is 0 Å². The Hall–Kier alpha value is -0.0400. The molecule has 1 heteroatoms. The van der Waals surface area contributed by atoms with E-state index in [2.05, 4.69) is 20.8 Å². The van der Waals surface area contributed by atoms with Gasteiger partial charge in [0, 0.05) is 6.04 Å². The molecule has 1 fully saturated rings. The molecule has 0 bridgehead atoms. The van der Waals surface area contributed by atoms with Crippen molar-refractivity contribution in [3.63, 3.8) is 0 Å². The fourth-order valence-electron chi connectivity index (χ4n) is 2.07. The van der Waals surface area contributed by atoms with E-state index in [1.54, 1.807) is 0 Å². The highest BCUT2D eigenvalue weighted by atomic mass is 14.8. The molecule has 0 aromatic carbocycles. The van der Waals surface area contributed by atoms with Gasteiger partial charge in [0.2, 0.25) is 0 Å². The largest absolute Gasteiger partial charge is 0.327 e. The zero-order valence-corrected chi connectivity index (χ0v) is 7.30. The van der Waals surface area contributed by atoms with E-state index in [1.165, 1.54) is 12.8 Å². The van der Waals surface area contributed by atoms with Crippen molar-refractivity contribution in [2.24, 2.45) is 23.5 Å². The van der Waals surface area contributed by atoms with Gasteiger partial charge in [-0.1, -0.05) is 33.6 Å². The molecule has 1 aliphatic carbocycles. The smallest absolute Gasteiger partial charge is 0.0102 e. The van der Waals surface area contributed by atoms with Crippen LogP contribution in [0, 0.1) is 17.8 Å². The molecule has 0 radical (unpaired) electrons. The van der Waals surface area contributed by atoms with Crippen LogP contribution in [-0.4, -0.2) is 6.04 Å². The van der Waals surface area contributed by atoms with Gasteiger partial charge in [-0.2, -0.15) is 0 Å². The number of rotatable bonds is 3. The first-order valence-electron chi connectivity index (χ1n) is 4.44. The Morgan fingerprint density at radius 1 is 1.50 bits per heavy atom. The highest BCUT2D eigenvalue weighted by Gasteiger charge is 2.46. The molecular formula is C9H19N. The van der Waals surface area contributed by atoms with Gasteiger partial charge in [0.15, 0.2) is 0 Å². The fourth-order valence-corrected chi connectivity index (χ4v) is 2.07. The van der Waals surface area contributed by atoms with E-state index in [0.717, 1.165) is 17.8 Å². The summed E-state index contributed by atoms with van der Waals surface area (Å²) < 4.78 is 0. The Morgan fingerprint density at radius 3 is 2.30 bits per heavy atom. The molecular weight excluding hydrogens is 122 g/mol. The van der Waals surface area contributed by atoms with Crippen LogP contribution in [0.3, 0.4) is 0 Å². The van der Waals surface area contributed by atoms with Gasteiger partial charge in [-0.25, -0.2) is 0 Å². The number of hydrogen-bond donors (Lipinski definition) is 1. The van der Waals surface area contributed by atoms with Crippen LogP contribution in [-0.2, 0) is 0 Å². The van der Waals surface area contributed by atoms with Crippen molar-refractivity contribution in [2.45, 2.75) is 39.7 Å². The molecule has 4 unspecified atom stereocenters. The monoisotopic (exact) mass is 141 g/mol. The molecule has 0 aromatic rings. The Kier molecular flexibility index (Phi) is 2.35. The van der Waals surface area contributed by atoms with Crippen LogP contribution in [0.15, 0.2) is 0 Å². The van der Waals surface area contributed by atoms with Crippen LogP contribution < -0.4 is 5.73 Å². The first-order valence-corrected chi connectivity index (χ1v) is 4.44. The van der Waals surface area contributed by atoms with Gasteiger partial charge < -0.3 is 5.73 Å². The quantitative estimate of drug-likeness (QED) is 0.639. The minimum Gasteiger partial charge on any atom is -0.327 e. The zero-order chi connectivity index (χ0) is 7.72. The van der Waals surface area contributed by atoms with E-state index in [4.69, 9.17) is 5.73 Å². The van der Waals surface area contributed by atoms with Crippen LogP contribution in [0.5, 0.6) is 0 Å². The molecule has 0 heterocycles. The van der Waals surface area contributed by atoms with Crippen LogP contribution in [0.1, 0.15) is 33.6 Å². The Labute approximate surface area is 64.0 Å². The zero-order valence-electron chi connectivity index (χ0n) is 7.30. The second-order valence-electron chi connectivity index (χ2n) is 3.78. The van der Waals surface area contributed by atoms with Crippen LogP contribution in [0.2, 0.25) is 0 Å². The lowest BCUT2D eigenvalue weighted by molar-refractivity contribution is 0.438. The van der Waals surface area contributed by atoms with E-state index >= 15 is 0 Å². The highest BCUT2D eigenvalue weighted by Crippen LogP contribution is 2.43. The standard InChI is InChI=1S/C9H19N/c1-4-5-6(2)8-7(3)9(8)10/h6-9H,4-5,10H2,1-3H3. The molecule has 0 amide bonds. The molecule has 0 spiro atoms. The highest BCUT2D eigenvalue weighted by molar-refractivity contribution is 5.00. The van der Waals surface area contributed by atoms with Crippen molar-refractivity contribution in [3.05, 3.63) is 0 Å².